The number of aliphatic carboxylic acids is 1. The van der Waals surface area contributed by atoms with E-state index in [9.17, 15) is 9.59 Å². The normalized spacial score (nSPS) is 13.6. The number of carboxylic acids is 1. The summed E-state index contributed by atoms with van der Waals surface area (Å²) >= 11 is 0. The molecule has 7 nitrogen and oxygen atoms in total. The Bertz CT molecular complexity index is 1190. The summed E-state index contributed by atoms with van der Waals surface area (Å²) in [7, 11) is 0. The Morgan fingerprint density at radius 1 is 0.825 bits per heavy atom. The molecule has 0 unspecified atom stereocenters. The minimum Gasteiger partial charge on any atom is -0.493 e. The van der Waals surface area contributed by atoms with Crippen LogP contribution in [-0.4, -0.2) is 72.8 Å². The Kier molecular flexibility index (Phi) is 11.6. The molecular weight excluding hydrogens is 504 g/mol. The molecule has 1 N–H and O–H groups in total. The highest BCUT2D eigenvalue weighted by Crippen LogP contribution is 2.23. The molecule has 1 amide bonds. The van der Waals surface area contributed by atoms with E-state index < -0.39 is 5.97 Å². The maximum Gasteiger partial charge on any atom is 0.303 e. The van der Waals surface area contributed by atoms with Crippen molar-refractivity contribution in [2.24, 2.45) is 0 Å². The monoisotopic (exact) mass is 544 g/mol. The molecule has 7 heteroatoms. The van der Waals surface area contributed by atoms with Gasteiger partial charge in [-0.05, 0) is 55.0 Å². The maximum absolute atomic E-state index is 13.8. The summed E-state index contributed by atoms with van der Waals surface area (Å²) in [5.74, 6) is 0.00977. The molecule has 0 saturated carbocycles. The lowest BCUT2D eigenvalue weighted by atomic mass is 10.0. The van der Waals surface area contributed by atoms with Gasteiger partial charge in [-0.2, -0.15) is 0 Å². The molecule has 4 rings (SSSR count). The minimum absolute atomic E-state index is 0.00469. The van der Waals surface area contributed by atoms with Crippen molar-refractivity contribution in [1.29, 1.82) is 0 Å². The van der Waals surface area contributed by atoms with Gasteiger partial charge in [0.05, 0.1) is 19.8 Å². The fraction of sp³-hybridized carbons (Fsp3) is 0.394. The number of nitrogens with zero attached hydrogens (tertiary/aromatic N) is 2. The summed E-state index contributed by atoms with van der Waals surface area (Å²) in [4.78, 5) is 28.8. The zero-order chi connectivity index (χ0) is 28.0. The van der Waals surface area contributed by atoms with Crippen LogP contribution in [0.5, 0.6) is 5.75 Å². The molecule has 212 valence electrons. The Morgan fingerprint density at radius 3 is 2.27 bits per heavy atom. The number of carbonyl (C=O) groups excluding carboxylic acids is 1. The predicted molar refractivity (Wildman–Crippen MR) is 157 cm³/mol. The van der Waals surface area contributed by atoms with Crippen LogP contribution in [0.15, 0.2) is 78.9 Å². The van der Waals surface area contributed by atoms with E-state index >= 15 is 0 Å². The molecule has 1 fully saturated rings. The third-order valence-electron chi connectivity index (χ3n) is 7.16. The largest absolute Gasteiger partial charge is 0.493 e. The van der Waals surface area contributed by atoms with Crippen LogP contribution in [0.1, 0.15) is 48.0 Å². The van der Waals surface area contributed by atoms with E-state index in [1.165, 1.54) is 0 Å². The van der Waals surface area contributed by atoms with E-state index in [4.69, 9.17) is 14.6 Å². The number of hydrogen-bond donors (Lipinski definition) is 1. The number of para-hydroxylation sites is 1. The van der Waals surface area contributed by atoms with Crippen molar-refractivity contribution in [2.75, 3.05) is 46.0 Å². The second kappa shape index (κ2) is 15.8. The number of ether oxygens (including phenoxy) is 2. The Labute approximate surface area is 237 Å². The SMILES string of the molecule is O=C(O)CCCCCOc1ccccc1CN(CCCN1CCOCC1)C(=O)c1ccc(-c2ccccc2)cc1. The van der Waals surface area contributed by atoms with Crippen LogP contribution in [0, 0.1) is 0 Å². The standard InChI is InChI=1S/C33H40N2O5/c36-32(37)14-5-2-8-23-40-31-13-7-6-12-30(31)26-35(20-9-19-34-21-24-39-25-22-34)33(38)29-17-15-28(16-18-29)27-10-3-1-4-11-27/h1,3-4,6-7,10-13,15-18H,2,5,8-9,14,19-26H2,(H,36,37). The van der Waals surface area contributed by atoms with Gasteiger partial charge < -0.3 is 19.5 Å². The van der Waals surface area contributed by atoms with E-state index in [0.717, 1.165) is 74.6 Å². The molecule has 0 aliphatic carbocycles. The summed E-state index contributed by atoms with van der Waals surface area (Å²) in [5, 5.41) is 8.83. The van der Waals surface area contributed by atoms with Gasteiger partial charge in [0.2, 0.25) is 0 Å². The van der Waals surface area contributed by atoms with Gasteiger partial charge in [0.1, 0.15) is 5.75 Å². The molecule has 1 saturated heterocycles. The molecule has 1 aliphatic rings. The molecule has 0 bridgehead atoms. The van der Waals surface area contributed by atoms with Crippen LogP contribution in [0.3, 0.4) is 0 Å². The summed E-state index contributed by atoms with van der Waals surface area (Å²) in [5.41, 5.74) is 3.84. The van der Waals surface area contributed by atoms with Crippen LogP contribution in [0.4, 0.5) is 0 Å². The summed E-state index contributed by atoms with van der Waals surface area (Å²) in [6, 6.07) is 25.9. The van der Waals surface area contributed by atoms with E-state index in [0.29, 0.717) is 31.7 Å². The fourth-order valence-corrected chi connectivity index (χ4v) is 4.90. The first-order chi connectivity index (χ1) is 19.6. The van der Waals surface area contributed by atoms with Gasteiger partial charge in [-0.25, -0.2) is 0 Å². The van der Waals surface area contributed by atoms with E-state index in [2.05, 4.69) is 17.0 Å². The van der Waals surface area contributed by atoms with Gasteiger partial charge in [-0.3, -0.25) is 14.5 Å². The summed E-state index contributed by atoms with van der Waals surface area (Å²) in [6.07, 6.45) is 3.30. The average molecular weight is 545 g/mol. The van der Waals surface area contributed by atoms with Gasteiger partial charge >= 0.3 is 5.97 Å². The highest BCUT2D eigenvalue weighted by atomic mass is 16.5. The van der Waals surface area contributed by atoms with Crippen molar-refractivity contribution < 1.29 is 24.2 Å². The third kappa shape index (κ3) is 9.21. The molecule has 1 aliphatic heterocycles. The first-order valence-electron chi connectivity index (χ1n) is 14.3. The average Bonchev–Trinajstić information content (AvgIpc) is 2.99. The molecular formula is C33H40N2O5. The number of benzene rings is 3. The van der Waals surface area contributed by atoms with Crippen LogP contribution in [0.25, 0.3) is 11.1 Å². The highest BCUT2D eigenvalue weighted by Gasteiger charge is 2.19. The van der Waals surface area contributed by atoms with Crippen molar-refractivity contribution in [3.63, 3.8) is 0 Å². The van der Waals surface area contributed by atoms with E-state index in [1.54, 1.807) is 0 Å². The fourth-order valence-electron chi connectivity index (χ4n) is 4.90. The highest BCUT2D eigenvalue weighted by molar-refractivity contribution is 5.94. The number of amides is 1. The number of carbonyl (C=O) groups is 2. The van der Waals surface area contributed by atoms with Crippen molar-refractivity contribution in [2.45, 2.75) is 38.6 Å². The zero-order valence-corrected chi connectivity index (χ0v) is 23.2. The van der Waals surface area contributed by atoms with Crippen molar-refractivity contribution in [1.82, 2.24) is 9.80 Å². The molecule has 1 heterocycles. The molecule has 0 aromatic heterocycles. The number of carboxylic acid groups (broad SMARTS) is 1. The third-order valence-corrected chi connectivity index (χ3v) is 7.16. The van der Waals surface area contributed by atoms with E-state index in [-0.39, 0.29) is 12.3 Å². The Morgan fingerprint density at radius 2 is 1.52 bits per heavy atom. The van der Waals surface area contributed by atoms with E-state index in [1.807, 2.05) is 71.6 Å². The smallest absolute Gasteiger partial charge is 0.303 e. The maximum atomic E-state index is 13.8. The van der Waals surface area contributed by atoms with Crippen molar-refractivity contribution in [3.8, 4) is 16.9 Å². The topological polar surface area (TPSA) is 79.3 Å². The predicted octanol–water partition coefficient (Wildman–Crippen LogP) is 5.74. The van der Waals surface area contributed by atoms with Gasteiger partial charge in [0.25, 0.3) is 5.91 Å². The number of hydrogen-bond acceptors (Lipinski definition) is 5. The number of unbranched alkanes of at least 4 members (excludes halogenated alkanes) is 2. The second-order valence-electron chi connectivity index (χ2n) is 10.1. The molecule has 0 atom stereocenters. The van der Waals surface area contributed by atoms with Gasteiger partial charge in [0, 0.05) is 50.3 Å². The first kappa shape index (κ1) is 29.3. The van der Waals surface area contributed by atoms with Gasteiger partial charge in [-0.15, -0.1) is 0 Å². The molecule has 3 aromatic carbocycles. The van der Waals surface area contributed by atoms with Crippen LogP contribution in [-0.2, 0) is 16.1 Å². The molecule has 0 spiro atoms. The number of rotatable bonds is 15. The zero-order valence-electron chi connectivity index (χ0n) is 23.2. The molecule has 0 radical (unpaired) electrons. The lowest BCUT2D eigenvalue weighted by molar-refractivity contribution is -0.137. The Balaban J connectivity index is 1.43. The van der Waals surface area contributed by atoms with Gasteiger partial charge in [0.15, 0.2) is 0 Å². The molecule has 3 aromatic rings. The summed E-state index contributed by atoms with van der Waals surface area (Å²) in [6.45, 7) is 5.92. The second-order valence-corrected chi connectivity index (χ2v) is 10.1. The first-order valence-corrected chi connectivity index (χ1v) is 14.3. The van der Waals surface area contributed by atoms with Crippen LogP contribution in [0.2, 0.25) is 0 Å². The minimum atomic E-state index is -0.764. The van der Waals surface area contributed by atoms with Gasteiger partial charge in [-0.1, -0.05) is 60.7 Å². The van der Waals surface area contributed by atoms with Crippen molar-refractivity contribution >= 4 is 11.9 Å². The van der Waals surface area contributed by atoms with Crippen LogP contribution >= 0.6 is 0 Å². The quantitative estimate of drug-likeness (QED) is 0.246. The molecule has 40 heavy (non-hydrogen) atoms. The van der Waals surface area contributed by atoms with Crippen LogP contribution < -0.4 is 4.74 Å². The number of morpholine rings is 1. The lowest BCUT2D eigenvalue weighted by Crippen LogP contribution is -2.39. The van der Waals surface area contributed by atoms with Crippen molar-refractivity contribution in [3.05, 3.63) is 90.0 Å². The Hall–Kier alpha value is -3.68. The summed E-state index contributed by atoms with van der Waals surface area (Å²) < 4.78 is 11.6. The lowest BCUT2D eigenvalue weighted by Gasteiger charge is -2.29.